The second-order valence-corrected chi connectivity index (χ2v) is 8.53. The lowest BCUT2D eigenvalue weighted by Crippen LogP contribution is -2.52. The molecule has 31 heavy (non-hydrogen) atoms. The molecule has 0 saturated carbocycles. The zero-order chi connectivity index (χ0) is 21.3. The molecular formula is C25H26N2O4. The van der Waals surface area contributed by atoms with Gasteiger partial charge in [0.1, 0.15) is 0 Å². The number of hydrogen-bond donors (Lipinski definition) is 1. The minimum absolute atomic E-state index is 0.115. The van der Waals surface area contributed by atoms with E-state index in [0.717, 1.165) is 11.1 Å². The molecule has 2 aliphatic heterocycles. The van der Waals surface area contributed by atoms with Crippen molar-refractivity contribution in [1.82, 2.24) is 10.1 Å². The molecule has 1 N–H and O–H groups in total. The number of benzene rings is 2. The third-order valence-electron chi connectivity index (χ3n) is 6.41. The zero-order valence-corrected chi connectivity index (χ0v) is 17.3. The van der Waals surface area contributed by atoms with Crippen LogP contribution < -0.4 is 0 Å². The monoisotopic (exact) mass is 418 g/mol. The highest BCUT2D eigenvalue weighted by molar-refractivity contribution is 5.93. The lowest BCUT2D eigenvalue weighted by molar-refractivity contribution is -0.181. The molecule has 2 atom stereocenters. The molecule has 0 unspecified atom stereocenters. The van der Waals surface area contributed by atoms with Gasteiger partial charge in [-0.3, -0.25) is 4.79 Å². The van der Waals surface area contributed by atoms with Gasteiger partial charge < -0.3 is 19.3 Å². The molecule has 2 saturated heterocycles. The summed E-state index contributed by atoms with van der Waals surface area (Å²) in [5.41, 5.74) is 1.91. The molecule has 3 heterocycles. The van der Waals surface area contributed by atoms with Crippen LogP contribution in [0.25, 0.3) is 11.3 Å². The number of aliphatic hydroxyl groups is 1. The summed E-state index contributed by atoms with van der Waals surface area (Å²) in [6, 6.07) is 21.4. The lowest BCUT2D eigenvalue weighted by Gasteiger charge is -2.48. The van der Waals surface area contributed by atoms with Crippen molar-refractivity contribution in [3.63, 3.8) is 0 Å². The van der Waals surface area contributed by atoms with Gasteiger partial charge in [0.05, 0.1) is 17.8 Å². The van der Waals surface area contributed by atoms with Crippen LogP contribution in [0.4, 0.5) is 0 Å². The Balaban J connectivity index is 1.26. The predicted molar refractivity (Wildman–Crippen MR) is 115 cm³/mol. The third-order valence-corrected chi connectivity index (χ3v) is 6.41. The highest BCUT2D eigenvalue weighted by atomic mass is 16.5. The van der Waals surface area contributed by atoms with Crippen LogP contribution in [-0.4, -0.2) is 45.9 Å². The largest absolute Gasteiger partial charge is 0.393 e. The third kappa shape index (κ3) is 4.13. The van der Waals surface area contributed by atoms with Crippen LogP contribution in [0.1, 0.15) is 47.8 Å². The van der Waals surface area contributed by atoms with Gasteiger partial charge in [0, 0.05) is 37.6 Å². The maximum absolute atomic E-state index is 13.0. The molecule has 0 aliphatic carbocycles. The fourth-order valence-electron chi connectivity index (χ4n) is 4.75. The second-order valence-electron chi connectivity index (χ2n) is 8.53. The number of carbonyl (C=O) groups is 1. The lowest BCUT2D eigenvalue weighted by atomic mass is 9.81. The minimum Gasteiger partial charge on any atom is -0.393 e. The molecule has 2 aromatic carbocycles. The fraction of sp³-hybridized carbons (Fsp3) is 0.360. The smallest absolute Gasteiger partial charge is 0.276 e. The molecule has 1 aromatic heterocycles. The summed E-state index contributed by atoms with van der Waals surface area (Å²) in [5.74, 6) is 0.457. The van der Waals surface area contributed by atoms with E-state index in [1.54, 1.807) is 11.0 Å². The van der Waals surface area contributed by atoms with E-state index in [9.17, 15) is 9.90 Å². The summed E-state index contributed by atoms with van der Waals surface area (Å²) in [5, 5.41) is 14.5. The number of amides is 1. The van der Waals surface area contributed by atoms with Gasteiger partial charge in [-0.2, -0.15) is 0 Å². The van der Waals surface area contributed by atoms with Crippen LogP contribution in [0.3, 0.4) is 0 Å². The number of ether oxygens (including phenoxy) is 1. The summed E-state index contributed by atoms with van der Waals surface area (Å²) in [6.45, 7) is 1.14. The maximum atomic E-state index is 13.0. The highest BCUT2D eigenvalue weighted by Gasteiger charge is 2.44. The van der Waals surface area contributed by atoms with Crippen molar-refractivity contribution in [1.29, 1.82) is 0 Å². The molecule has 1 amide bonds. The topological polar surface area (TPSA) is 75.8 Å². The number of likely N-dealkylation sites (tertiary alicyclic amines) is 1. The molecule has 0 radical (unpaired) electrons. The van der Waals surface area contributed by atoms with Crippen molar-refractivity contribution in [2.45, 2.75) is 43.5 Å². The Morgan fingerprint density at radius 1 is 1.03 bits per heavy atom. The van der Waals surface area contributed by atoms with E-state index >= 15 is 0 Å². The molecule has 1 spiro atoms. The van der Waals surface area contributed by atoms with Crippen LogP contribution in [0.5, 0.6) is 0 Å². The Hall–Kier alpha value is -2.96. The van der Waals surface area contributed by atoms with Crippen molar-refractivity contribution >= 4 is 5.91 Å². The Morgan fingerprint density at radius 2 is 1.71 bits per heavy atom. The molecule has 5 rings (SSSR count). The number of piperidine rings is 1. The normalized spacial score (nSPS) is 23.1. The standard InChI is InChI=1S/C25H26N2O4/c28-20-15-22(18-7-3-1-4-8-18)30-25(17-20)11-13-27(14-12-25)24(29)21-16-23(31-26-21)19-9-5-2-6-10-19/h1-10,16,20,22,28H,11-15,17H2/t20-,22+/m0/s1. The zero-order valence-electron chi connectivity index (χ0n) is 17.3. The Morgan fingerprint density at radius 3 is 2.42 bits per heavy atom. The van der Waals surface area contributed by atoms with Crippen molar-refractivity contribution in [3.8, 4) is 11.3 Å². The van der Waals surface area contributed by atoms with E-state index < -0.39 is 11.7 Å². The van der Waals surface area contributed by atoms with E-state index in [1.807, 2.05) is 60.7 Å². The summed E-state index contributed by atoms with van der Waals surface area (Å²) < 4.78 is 11.9. The maximum Gasteiger partial charge on any atom is 0.276 e. The van der Waals surface area contributed by atoms with Gasteiger partial charge in [-0.15, -0.1) is 0 Å². The van der Waals surface area contributed by atoms with Gasteiger partial charge >= 0.3 is 0 Å². The summed E-state index contributed by atoms with van der Waals surface area (Å²) in [6.07, 6.45) is 2.10. The quantitative estimate of drug-likeness (QED) is 0.689. The molecule has 2 fully saturated rings. The van der Waals surface area contributed by atoms with Crippen LogP contribution in [-0.2, 0) is 4.74 Å². The van der Waals surface area contributed by atoms with Gasteiger partial charge in [0.25, 0.3) is 5.91 Å². The van der Waals surface area contributed by atoms with Crippen LogP contribution >= 0.6 is 0 Å². The number of rotatable bonds is 3. The summed E-state index contributed by atoms with van der Waals surface area (Å²) in [4.78, 5) is 14.8. The van der Waals surface area contributed by atoms with E-state index in [-0.39, 0.29) is 12.0 Å². The predicted octanol–water partition coefficient (Wildman–Crippen LogP) is 4.23. The molecule has 2 aliphatic rings. The van der Waals surface area contributed by atoms with Gasteiger partial charge in [-0.05, 0) is 18.4 Å². The fourth-order valence-corrected chi connectivity index (χ4v) is 4.75. The summed E-state index contributed by atoms with van der Waals surface area (Å²) in [7, 11) is 0. The first-order valence-corrected chi connectivity index (χ1v) is 10.8. The summed E-state index contributed by atoms with van der Waals surface area (Å²) >= 11 is 0. The number of aliphatic hydroxyl groups excluding tert-OH is 1. The van der Waals surface area contributed by atoms with Gasteiger partial charge in [0.2, 0.25) is 0 Å². The van der Waals surface area contributed by atoms with Crippen molar-refractivity contribution in [2.75, 3.05) is 13.1 Å². The average Bonchev–Trinajstić information content (AvgIpc) is 3.30. The highest BCUT2D eigenvalue weighted by Crippen LogP contribution is 2.43. The number of hydrogen-bond acceptors (Lipinski definition) is 5. The Kier molecular flexibility index (Phi) is 5.34. The van der Waals surface area contributed by atoms with Gasteiger partial charge in [-0.25, -0.2) is 0 Å². The Bertz CT molecular complexity index is 1030. The van der Waals surface area contributed by atoms with E-state index in [2.05, 4.69) is 5.16 Å². The molecular weight excluding hydrogens is 392 g/mol. The average molecular weight is 418 g/mol. The van der Waals surface area contributed by atoms with E-state index in [0.29, 0.717) is 50.2 Å². The molecule has 160 valence electrons. The van der Waals surface area contributed by atoms with E-state index in [1.165, 1.54) is 0 Å². The SMILES string of the molecule is O=C(c1cc(-c2ccccc2)on1)N1CCC2(CC1)C[C@@H](O)C[C@H](c1ccccc1)O2. The van der Waals surface area contributed by atoms with Crippen molar-refractivity contribution in [2.24, 2.45) is 0 Å². The first-order chi connectivity index (χ1) is 15.1. The van der Waals surface area contributed by atoms with Gasteiger partial charge in [-0.1, -0.05) is 65.8 Å². The van der Waals surface area contributed by atoms with Crippen LogP contribution in [0.15, 0.2) is 71.3 Å². The molecule has 6 heteroatoms. The Labute approximate surface area is 181 Å². The molecule has 3 aromatic rings. The number of carbonyl (C=O) groups excluding carboxylic acids is 1. The van der Waals surface area contributed by atoms with Crippen molar-refractivity contribution in [3.05, 3.63) is 78.0 Å². The number of aromatic nitrogens is 1. The number of nitrogens with zero attached hydrogens (tertiary/aromatic N) is 2. The molecule has 6 nitrogen and oxygen atoms in total. The first kappa shape index (κ1) is 20.0. The van der Waals surface area contributed by atoms with Crippen LogP contribution in [0, 0.1) is 0 Å². The van der Waals surface area contributed by atoms with Crippen molar-refractivity contribution < 1.29 is 19.2 Å². The van der Waals surface area contributed by atoms with Crippen LogP contribution in [0.2, 0.25) is 0 Å². The minimum atomic E-state index is -0.398. The first-order valence-electron chi connectivity index (χ1n) is 10.8. The van der Waals surface area contributed by atoms with E-state index in [4.69, 9.17) is 9.26 Å². The second kappa shape index (κ2) is 8.29. The molecule has 0 bridgehead atoms. The van der Waals surface area contributed by atoms with Gasteiger partial charge in [0.15, 0.2) is 11.5 Å².